The van der Waals surface area contributed by atoms with Crippen LogP contribution < -0.4 is 19.7 Å². The first-order valence-electron chi connectivity index (χ1n) is 9.99. The quantitative estimate of drug-likeness (QED) is 0.709. The number of rotatable bonds is 2. The van der Waals surface area contributed by atoms with Gasteiger partial charge in [0.25, 0.3) is 0 Å². The van der Waals surface area contributed by atoms with E-state index < -0.39 is 0 Å². The Labute approximate surface area is 174 Å². The van der Waals surface area contributed by atoms with Gasteiger partial charge in [-0.1, -0.05) is 12.1 Å². The molecule has 0 fully saturated rings. The van der Waals surface area contributed by atoms with Crippen molar-refractivity contribution in [3.05, 3.63) is 59.1 Å². The van der Waals surface area contributed by atoms with Crippen molar-refractivity contribution >= 4 is 0 Å². The Hall–Kier alpha value is -3.72. The third-order valence-corrected chi connectivity index (χ3v) is 5.71. The fraction of sp³-hybridized carbons (Fsp3) is 0.250. The minimum Gasteiger partial charge on any atom is -0.497 e. The molecular formula is C24H21N3O3. The van der Waals surface area contributed by atoms with E-state index in [0.29, 0.717) is 25.3 Å². The van der Waals surface area contributed by atoms with E-state index in [2.05, 4.69) is 12.1 Å². The van der Waals surface area contributed by atoms with E-state index in [0.717, 1.165) is 52.5 Å². The Balaban J connectivity index is 1.72. The molecule has 2 aliphatic heterocycles. The number of nitrogens with zero attached hydrogens (tertiary/aromatic N) is 2. The molecule has 3 aromatic rings. The van der Waals surface area contributed by atoms with Crippen molar-refractivity contribution in [2.45, 2.75) is 19.4 Å². The van der Waals surface area contributed by atoms with Crippen LogP contribution >= 0.6 is 0 Å². The monoisotopic (exact) mass is 399 g/mol. The number of hydrogen-bond acceptors (Lipinski definition) is 5. The SMILES string of the molecule is COc1ccc(-c2cc3n(c(=N)c2C#N)CCc2cc4c(cc2-3)OCCCO4)cc1. The molecule has 0 amide bonds. The van der Waals surface area contributed by atoms with E-state index in [1.807, 2.05) is 41.0 Å². The zero-order valence-corrected chi connectivity index (χ0v) is 16.7. The van der Waals surface area contributed by atoms with Crippen LogP contribution in [-0.4, -0.2) is 24.9 Å². The number of benzene rings is 2. The van der Waals surface area contributed by atoms with Crippen LogP contribution in [0.4, 0.5) is 0 Å². The number of fused-ring (bicyclic) bond motifs is 4. The number of ether oxygens (including phenoxy) is 3. The molecule has 0 bridgehead atoms. The minimum absolute atomic E-state index is 0.235. The molecule has 5 rings (SSSR count). The van der Waals surface area contributed by atoms with Crippen molar-refractivity contribution < 1.29 is 14.2 Å². The maximum absolute atomic E-state index is 9.80. The molecule has 0 saturated heterocycles. The Morgan fingerprint density at radius 3 is 2.47 bits per heavy atom. The first kappa shape index (κ1) is 18.3. The van der Waals surface area contributed by atoms with E-state index in [9.17, 15) is 5.26 Å². The maximum atomic E-state index is 9.80. The smallest absolute Gasteiger partial charge is 0.161 e. The second-order valence-electron chi connectivity index (χ2n) is 7.42. The number of aryl methyl sites for hydroxylation is 1. The number of aromatic nitrogens is 1. The Kier molecular flexibility index (Phi) is 4.44. The molecular weight excluding hydrogens is 378 g/mol. The molecule has 0 unspecified atom stereocenters. The van der Waals surface area contributed by atoms with Gasteiger partial charge in [-0.05, 0) is 47.9 Å². The molecule has 2 aliphatic rings. The van der Waals surface area contributed by atoms with Crippen LogP contribution in [0.1, 0.15) is 17.5 Å². The summed E-state index contributed by atoms with van der Waals surface area (Å²) in [6, 6.07) is 15.9. The highest BCUT2D eigenvalue weighted by atomic mass is 16.5. The lowest BCUT2D eigenvalue weighted by Gasteiger charge is -2.25. The summed E-state index contributed by atoms with van der Waals surface area (Å²) < 4.78 is 18.9. The predicted molar refractivity (Wildman–Crippen MR) is 112 cm³/mol. The molecule has 1 aromatic heterocycles. The van der Waals surface area contributed by atoms with Crippen molar-refractivity contribution in [2.75, 3.05) is 20.3 Å². The first-order valence-corrected chi connectivity index (χ1v) is 9.99. The summed E-state index contributed by atoms with van der Waals surface area (Å²) in [5, 5.41) is 18.5. The number of nitrogens with one attached hydrogen (secondary N) is 1. The fourth-order valence-corrected chi connectivity index (χ4v) is 4.16. The number of methoxy groups -OCH3 is 1. The second-order valence-corrected chi connectivity index (χ2v) is 7.42. The number of hydrogen-bond donors (Lipinski definition) is 1. The second kappa shape index (κ2) is 7.27. The fourth-order valence-electron chi connectivity index (χ4n) is 4.16. The lowest BCUT2D eigenvalue weighted by molar-refractivity contribution is 0.297. The molecule has 6 heteroatoms. The van der Waals surface area contributed by atoms with Crippen molar-refractivity contribution in [1.82, 2.24) is 4.57 Å². The van der Waals surface area contributed by atoms with Gasteiger partial charge < -0.3 is 18.8 Å². The minimum atomic E-state index is 0.235. The average Bonchev–Trinajstić information content (AvgIpc) is 3.02. The van der Waals surface area contributed by atoms with E-state index in [1.165, 1.54) is 5.56 Å². The lowest BCUT2D eigenvalue weighted by atomic mass is 9.92. The lowest BCUT2D eigenvalue weighted by Crippen LogP contribution is -2.28. The van der Waals surface area contributed by atoms with Crippen molar-refractivity contribution in [3.8, 4) is 45.7 Å². The molecule has 30 heavy (non-hydrogen) atoms. The van der Waals surface area contributed by atoms with E-state index in [1.54, 1.807) is 7.11 Å². The largest absolute Gasteiger partial charge is 0.497 e. The number of pyridine rings is 1. The van der Waals surface area contributed by atoms with Crippen LogP contribution in [0.5, 0.6) is 17.2 Å². The highest BCUT2D eigenvalue weighted by Gasteiger charge is 2.24. The topological polar surface area (TPSA) is 80.3 Å². The van der Waals surface area contributed by atoms with Gasteiger partial charge in [0.1, 0.15) is 22.9 Å². The normalized spacial score (nSPS) is 14.1. The van der Waals surface area contributed by atoms with Gasteiger partial charge in [-0.25, -0.2) is 0 Å². The molecule has 6 nitrogen and oxygen atoms in total. The van der Waals surface area contributed by atoms with Gasteiger partial charge in [-0.2, -0.15) is 5.26 Å². The van der Waals surface area contributed by atoms with Gasteiger partial charge in [-0.15, -0.1) is 0 Å². The Morgan fingerprint density at radius 1 is 1.03 bits per heavy atom. The number of nitriles is 1. The molecule has 1 N–H and O–H groups in total. The molecule has 150 valence electrons. The van der Waals surface area contributed by atoms with Gasteiger partial charge in [0.15, 0.2) is 11.5 Å². The van der Waals surface area contributed by atoms with Gasteiger partial charge in [-0.3, -0.25) is 5.41 Å². The van der Waals surface area contributed by atoms with Crippen molar-refractivity contribution in [1.29, 1.82) is 10.7 Å². The van der Waals surface area contributed by atoms with Crippen LogP contribution in [0.15, 0.2) is 42.5 Å². The van der Waals surface area contributed by atoms with Crippen LogP contribution in [0.3, 0.4) is 0 Å². The van der Waals surface area contributed by atoms with E-state index >= 15 is 0 Å². The zero-order valence-electron chi connectivity index (χ0n) is 16.7. The standard InChI is InChI=1S/C24H21N3O3/c1-28-17-5-3-15(4-6-17)18-12-21-19-13-23-22(29-9-2-10-30-23)11-16(19)7-8-27(21)24(26)20(18)14-25/h3-6,11-13,26H,2,7-10H2,1H3. The Morgan fingerprint density at radius 2 is 1.77 bits per heavy atom. The van der Waals surface area contributed by atoms with E-state index in [-0.39, 0.29) is 5.49 Å². The molecule has 0 spiro atoms. The molecule has 0 radical (unpaired) electrons. The third kappa shape index (κ3) is 2.91. The highest BCUT2D eigenvalue weighted by molar-refractivity contribution is 5.78. The van der Waals surface area contributed by atoms with Crippen LogP contribution in [0.25, 0.3) is 22.4 Å². The highest BCUT2D eigenvalue weighted by Crippen LogP contribution is 2.40. The summed E-state index contributed by atoms with van der Waals surface area (Å²) in [6.45, 7) is 1.93. The predicted octanol–water partition coefficient (Wildman–Crippen LogP) is 3.90. The molecule has 0 aliphatic carbocycles. The summed E-state index contributed by atoms with van der Waals surface area (Å²) in [6.07, 6.45) is 1.64. The third-order valence-electron chi connectivity index (χ3n) is 5.71. The summed E-state index contributed by atoms with van der Waals surface area (Å²) in [5.74, 6) is 2.28. The molecule has 0 atom stereocenters. The molecule has 0 saturated carbocycles. The van der Waals surface area contributed by atoms with Crippen LogP contribution in [0, 0.1) is 16.7 Å². The summed E-state index contributed by atoms with van der Waals surface area (Å²) in [5.41, 5.74) is 5.35. The zero-order chi connectivity index (χ0) is 20.7. The van der Waals surface area contributed by atoms with Crippen LogP contribution in [0.2, 0.25) is 0 Å². The summed E-state index contributed by atoms with van der Waals surface area (Å²) in [7, 11) is 1.62. The van der Waals surface area contributed by atoms with Crippen LogP contribution in [-0.2, 0) is 13.0 Å². The van der Waals surface area contributed by atoms with Gasteiger partial charge in [0.2, 0.25) is 0 Å². The maximum Gasteiger partial charge on any atom is 0.161 e. The Bertz CT molecular complexity index is 1240. The molecule has 2 aromatic carbocycles. The molecule has 3 heterocycles. The van der Waals surface area contributed by atoms with Gasteiger partial charge in [0.05, 0.1) is 26.0 Å². The van der Waals surface area contributed by atoms with Gasteiger partial charge in [0, 0.05) is 24.1 Å². The summed E-state index contributed by atoms with van der Waals surface area (Å²) in [4.78, 5) is 0. The van der Waals surface area contributed by atoms with E-state index in [4.69, 9.17) is 19.6 Å². The van der Waals surface area contributed by atoms with Crippen molar-refractivity contribution in [3.63, 3.8) is 0 Å². The average molecular weight is 399 g/mol. The summed E-state index contributed by atoms with van der Waals surface area (Å²) >= 11 is 0. The van der Waals surface area contributed by atoms with Crippen molar-refractivity contribution in [2.24, 2.45) is 0 Å². The first-order chi connectivity index (χ1) is 14.7. The van der Waals surface area contributed by atoms with Gasteiger partial charge >= 0.3 is 0 Å².